The Morgan fingerprint density at radius 1 is 1.36 bits per heavy atom. The fourth-order valence-electron chi connectivity index (χ4n) is 3.54. The van der Waals surface area contributed by atoms with Gasteiger partial charge in [0.15, 0.2) is 0 Å². The summed E-state index contributed by atoms with van der Waals surface area (Å²) >= 11 is 0. The minimum absolute atomic E-state index is 0.00841. The van der Waals surface area contributed by atoms with Crippen LogP contribution in [0.3, 0.4) is 0 Å². The normalized spacial score (nSPS) is 27.4. The lowest BCUT2D eigenvalue weighted by molar-refractivity contribution is 0.0486. The van der Waals surface area contributed by atoms with E-state index in [2.05, 4.69) is 23.6 Å². The average Bonchev–Trinajstić information content (AvgIpc) is 2.82. The van der Waals surface area contributed by atoms with E-state index in [4.69, 9.17) is 4.74 Å². The van der Waals surface area contributed by atoms with Crippen LogP contribution in [0.5, 0.6) is 0 Å². The Labute approximate surface area is 150 Å². The molecule has 4 unspecified atom stereocenters. The minimum Gasteiger partial charge on any atom is -0.444 e. The molecular formula is C20H29N3O2. The lowest BCUT2D eigenvalue weighted by Crippen LogP contribution is -2.58. The van der Waals surface area contributed by atoms with Crippen LogP contribution in [0.2, 0.25) is 0 Å². The number of ether oxygens (including phenoxy) is 1. The molecule has 2 rings (SSSR count). The van der Waals surface area contributed by atoms with E-state index in [9.17, 15) is 10.1 Å². The number of rotatable bonds is 4. The summed E-state index contributed by atoms with van der Waals surface area (Å²) in [6, 6.07) is 12.2. The summed E-state index contributed by atoms with van der Waals surface area (Å²) in [5, 5.41) is 16.3. The summed E-state index contributed by atoms with van der Waals surface area (Å²) in [4.78, 5) is 12.2. The highest BCUT2D eigenvalue weighted by atomic mass is 16.6. The van der Waals surface area contributed by atoms with Crippen molar-refractivity contribution in [3.63, 3.8) is 0 Å². The van der Waals surface area contributed by atoms with Crippen LogP contribution in [0.25, 0.3) is 0 Å². The number of amides is 1. The quantitative estimate of drug-likeness (QED) is 0.869. The Morgan fingerprint density at radius 2 is 2.00 bits per heavy atom. The summed E-state index contributed by atoms with van der Waals surface area (Å²) in [6.07, 6.45) is 0.975. The van der Waals surface area contributed by atoms with Crippen LogP contribution in [0, 0.1) is 17.2 Å². The van der Waals surface area contributed by atoms with Gasteiger partial charge in [-0.05, 0) is 52.0 Å². The molecule has 1 saturated carbocycles. The number of alkyl carbamates (subject to hydrolysis) is 1. The third kappa shape index (κ3) is 4.96. The number of carbonyl (C=O) groups excluding carboxylic acids is 1. The second-order valence-corrected chi connectivity index (χ2v) is 8.10. The highest BCUT2D eigenvalue weighted by Crippen LogP contribution is 2.36. The first kappa shape index (κ1) is 19.3. The fraction of sp³-hybridized carbons (Fsp3) is 0.600. The third-order valence-electron chi connectivity index (χ3n) is 4.57. The first-order valence-corrected chi connectivity index (χ1v) is 8.88. The van der Waals surface area contributed by atoms with Gasteiger partial charge in [-0.2, -0.15) is 5.26 Å². The molecule has 1 aliphatic carbocycles. The molecule has 5 heteroatoms. The highest BCUT2D eigenvalue weighted by molar-refractivity contribution is 5.68. The Balaban J connectivity index is 2.15. The van der Waals surface area contributed by atoms with E-state index in [0.29, 0.717) is 12.3 Å². The maximum absolute atomic E-state index is 12.2. The maximum atomic E-state index is 12.2. The van der Waals surface area contributed by atoms with Crippen molar-refractivity contribution >= 4 is 6.09 Å². The van der Waals surface area contributed by atoms with E-state index in [-0.39, 0.29) is 12.1 Å². The van der Waals surface area contributed by atoms with E-state index in [1.54, 1.807) is 0 Å². The predicted molar refractivity (Wildman–Crippen MR) is 97.9 cm³/mol. The lowest BCUT2D eigenvalue weighted by Gasteiger charge is -2.34. The standard InChI is InChI=1S/C20H29N3O2/c1-14-11-17(22-18(24)25-19(3,4)5)20(12-14,13-21)23-15(2)16-9-7-6-8-10-16/h6-10,14-15,17,23H,11-12H2,1-5H3,(H,22,24). The molecule has 0 aliphatic heterocycles. The molecule has 0 heterocycles. The molecule has 0 spiro atoms. The predicted octanol–water partition coefficient (Wildman–Crippen LogP) is 3.92. The molecule has 0 bridgehead atoms. The van der Waals surface area contributed by atoms with E-state index < -0.39 is 17.2 Å². The molecule has 0 aromatic heterocycles. The molecule has 0 saturated heterocycles. The van der Waals surface area contributed by atoms with Crippen LogP contribution in [0.4, 0.5) is 4.79 Å². The number of hydrogen-bond acceptors (Lipinski definition) is 4. The SMILES string of the molecule is CC1CC(NC(=O)OC(C)(C)C)C(C#N)(NC(C)c2ccccc2)C1. The lowest BCUT2D eigenvalue weighted by atomic mass is 9.92. The zero-order chi connectivity index (χ0) is 18.7. The summed E-state index contributed by atoms with van der Waals surface area (Å²) in [7, 11) is 0. The summed E-state index contributed by atoms with van der Waals surface area (Å²) in [5.74, 6) is 0.343. The van der Waals surface area contributed by atoms with Gasteiger partial charge >= 0.3 is 6.09 Å². The number of carbonyl (C=O) groups is 1. The second kappa shape index (κ2) is 7.45. The second-order valence-electron chi connectivity index (χ2n) is 8.10. The van der Waals surface area contributed by atoms with Crippen molar-refractivity contribution in [2.45, 2.75) is 70.7 Å². The molecule has 1 aromatic carbocycles. The Kier molecular flexibility index (Phi) is 5.74. The van der Waals surface area contributed by atoms with Crippen LogP contribution in [-0.2, 0) is 4.74 Å². The van der Waals surface area contributed by atoms with Gasteiger partial charge in [-0.25, -0.2) is 4.79 Å². The molecule has 0 radical (unpaired) electrons. The number of nitriles is 1. The molecule has 4 atom stereocenters. The van der Waals surface area contributed by atoms with Gasteiger partial charge in [0.1, 0.15) is 11.1 Å². The summed E-state index contributed by atoms with van der Waals surface area (Å²) < 4.78 is 5.38. The van der Waals surface area contributed by atoms with Gasteiger partial charge in [-0.1, -0.05) is 37.3 Å². The van der Waals surface area contributed by atoms with E-state index in [1.165, 1.54) is 0 Å². The summed E-state index contributed by atoms with van der Waals surface area (Å²) in [5.41, 5.74) is -0.243. The Morgan fingerprint density at radius 3 is 2.56 bits per heavy atom. The molecule has 1 aromatic rings. The monoisotopic (exact) mass is 343 g/mol. The van der Waals surface area contributed by atoms with Gasteiger partial charge in [-0.15, -0.1) is 0 Å². The van der Waals surface area contributed by atoms with Crippen molar-refractivity contribution in [3.8, 4) is 6.07 Å². The molecule has 1 amide bonds. The van der Waals surface area contributed by atoms with Crippen LogP contribution in [0.1, 0.15) is 59.1 Å². The molecule has 1 aliphatic rings. The highest BCUT2D eigenvalue weighted by Gasteiger charge is 2.48. The number of hydrogen-bond donors (Lipinski definition) is 2. The van der Waals surface area contributed by atoms with E-state index in [0.717, 1.165) is 12.0 Å². The largest absolute Gasteiger partial charge is 0.444 e. The molecule has 5 nitrogen and oxygen atoms in total. The van der Waals surface area contributed by atoms with Crippen molar-refractivity contribution in [2.75, 3.05) is 0 Å². The Bertz CT molecular complexity index is 633. The van der Waals surface area contributed by atoms with Crippen LogP contribution in [0.15, 0.2) is 30.3 Å². The zero-order valence-electron chi connectivity index (χ0n) is 15.8. The van der Waals surface area contributed by atoms with Crippen LogP contribution < -0.4 is 10.6 Å². The van der Waals surface area contributed by atoms with Gasteiger partial charge in [-0.3, -0.25) is 5.32 Å². The third-order valence-corrected chi connectivity index (χ3v) is 4.57. The van der Waals surface area contributed by atoms with Gasteiger partial charge in [0, 0.05) is 6.04 Å². The first-order valence-electron chi connectivity index (χ1n) is 8.88. The number of nitrogens with zero attached hydrogens (tertiary/aromatic N) is 1. The smallest absolute Gasteiger partial charge is 0.407 e. The van der Waals surface area contributed by atoms with E-state index in [1.807, 2.05) is 58.0 Å². The van der Waals surface area contributed by atoms with Gasteiger partial charge in [0.05, 0.1) is 12.1 Å². The number of benzene rings is 1. The van der Waals surface area contributed by atoms with Crippen molar-refractivity contribution < 1.29 is 9.53 Å². The van der Waals surface area contributed by atoms with Crippen molar-refractivity contribution in [1.82, 2.24) is 10.6 Å². The molecule has 2 N–H and O–H groups in total. The first-order chi connectivity index (χ1) is 11.6. The molecular weight excluding hydrogens is 314 g/mol. The fourth-order valence-corrected chi connectivity index (χ4v) is 3.54. The zero-order valence-corrected chi connectivity index (χ0v) is 15.8. The maximum Gasteiger partial charge on any atom is 0.407 e. The summed E-state index contributed by atoms with van der Waals surface area (Å²) in [6.45, 7) is 9.64. The van der Waals surface area contributed by atoms with Crippen LogP contribution >= 0.6 is 0 Å². The van der Waals surface area contributed by atoms with Gasteiger partial charge < -0.3 is 10.1 Å². The van der Waals surface area contributed by atoms with Crippen LogP contribution in [-0.4, -0.2) is 23.3 Å². The Hall–Kier alpha value is -2.06. The van der Waals surface area contributed by atoms with Crippen molar-refractivity contribution in [3.05, 3.63) is 35.9 Å². The number of nitrogens with one attached hydrogen (secondary N) is 2. The molecule has 136 valence electrons. The molecule has 1 fully saturated rings. The minimum atomic E-state index is -0.800. The van der Waals surface area contributed by atoms with Gasteiger partial charge in [0.25, 0.3) is 0 Å². The molecule has 25 heavy (non-hydrogen) atoms. The van der Waals surface area contributed by atoms with Crippen molar-refractivity contribution in [1.29, 1.82) is 5.26 Å². The topological polar surface area (TPSA) is 74.1 Å². The average molecular weight is 343 g/mol. The van der Waals surface area contributed by atoms with Gasteiger partial charge in [0.2, 0.25) is 0 Å². The van der Waals surface area contributed by atoms with E-state index >= 15 is 0 Å². The van der Waals surface area contributed by atoms with Crippen molar-refractivity contribution in [2.24, 2.45) is 5.92 Å².